The minimum Gasteiger partial charge on any atom is -0.356 e. The molecule has 3 aliphatic heterocycles. The Morgan fingerprint density at radius 1 is 0.938 bits per heavy atom. The maximum atomic E-state index is 14.2. The van der Waals surface area contributed by atoms with Gasteiger partial charge in [-0.2, -0.15) is 26.3 Å². The van der Waals surface area contributed by atoms with Gasteiger partial charge in [0.2, 0.25) is 5.91 Å². The second-order valence-corrected chi connectivity index (χ2v) is 13.7. The van der Waals surface area contributed by atoms with Crippen molar-refractivity contribution < 1.29 is 40.3 Å². The summed E-state index contributed by atoms with van der Waals surface area (Å²) in [6, 6.07) is 3.69. The lowest BCUT2D eigenvalue weighted by Gasteiger charge is -2.39. The van der Waals surface area contributed by atoms with E-state index in [1.165, 1.54) is 31.0 Å². The van der Waals surface area contributed by atoms with Crippen molar-refractivity contribution in [1.29, 1.82) is 0 Å². The van der Waals surface area contributed by atoms with Crippen LogP contribution >= 0.6 is 0 Å². The van der Waals surface area contributed by atoms with E-state index < -0.39 is 47.4 Å². The molecule has 2 unspecified atom stereocenters. The van der Waals surface area contributed by atoms with Gasteiger partial charge in [0, 0.05) is 33.1 Å². The predicted octanol–water partition coefficient (Wildman–Crippen LogP) is 7.98. The van der Waals surface area contributed by atoms with E-state index >= 15 is 0 Å². The monoisotopic (exact) mass is 684 g/mol. The average Bonchev–Trinajstić information content (AvgIpc) is 3.30. The maximum Gasteiger partial charge on any atom is 0.416 e. The molecule has 3 aliphatic rings. The van der Waals surface area contributed by atoms with E-state index in [1.54, 1.807) is 17.9 Å². The second-order valence-electron chi connectivity index (χ2n) is 13.7. The topological polar surface area (TPSA) is 55.9 Å². The minimum atomic E-state index is -5.01. The number of urea groups is 1. The number of hydrogen-bond acceptors (Lipinski definition) is 3. The largest absolute Gasteiger partial charge is 0.416 e. The van der Waals surface area contributed by atoms with Gasteiger partial charge in [0.25, 0.3) is 0 Å². The molecule has 5 rings (SSSR count). The molecule has 13 heteroatoms. The minimum absolute atomic E-state index is 0.0269. The van der Waals surface area contributed by atoms with E-state index in [2.05, 4.69) is 10.2 Å². The molecule has 6 nitrogen and oxygen atoms in total. The number of alkyl halides is 6. The summed E-state index contributed by atoms with van der Waals surface area (Å²) in [6.45, 7) is 6.62. The fourth-order valence-electron chi connectivity index (χ4n) is 7.77. The maximum absolute atomic E-state index is 14.2. The summed E-state index contributed by atoms with van der Waals surface area (Å²) in [5.41, 5.74) is -1.74. The molecule has 0 aliphatic carbocycles. The Morgan fingerprint density at radius 2 is 1.58 bits per heavy atom. The number of hydrogen-bond donors (Lipinski definition) is 1. The first kappa shape index (κ1) is 35.9. The van der Waals surface area contributed by atoms with Crippen LogP contribution in [0.5, 0.6) is 0 Å². The fraction of sp³-hybridized carbons (Fsp3) is 0.600. The Morgan fingerprint density at radius 3 is 2.19 bits per heavy atom. The molecule has 0 aromatic heterocycles. The Hall–Kier alpha value is -3.35. The number of piperidine rings is 1. The number of nitrogens with one attached hydrogen (secondary N) is 1. The lowest BCUT2D eigenvalue weighted by Crippen LogP contribution is -2.44. The molecule has 1 N–H and O–H groups in total. The molecule has 3 heterocycles. The number of nitrogens with zero attached hydrogens (tertiary/aromatic N) is 3. The van der Waals surface area contributed by atoms with E-state index in [1.807, 2.05) is 0 Å². The van der Waals surface area contributed by atoms with Crippen molar-refractivity contribution in [2.24, 2.45) is 17.8 Å². The highest BCUT2D eigenvalue weighted by molar-refractivity contribution is 5.76. The van der Waals surface area contributed by atoms with Crippen LogP contribution < -0.4 is 5.32 Å². The molecular weight excluding hydrogens is 641 g/mol. The molecule has 2 aromatic rings. The van der Waals surface area contributed by atoms with Gasteiger partial charge in [0.1, 0.15) is 5.82 Å². The number of likely N-dealkylation sites (tertiary alicyclic amines) is 2. The highest BCUT2D eigenvalue weighted by atomic mass is 19.4. The van der Waals surface area contributed by atoms with Gasteiger partial charge in [-0.05, 0) is 124 Å². The average molecular weight is 685 g/mol. The van der Waals surface area contributed by atoms with Crippen molar-refractivity contribution in [2.75, 3.05) is 39.8 Å². The summed E-state index contributed by atoms with van der Waals surface area (Å²) < 4.78 is 95.7. The smallest absolute Gasteiger partial charge is 0.356 e. The summed E-state index contributed by atoms with van der Waals surface area (Å²) >= 11 is 0. The summed E-state index contributed by atoms with van der Waals surface area (Å²) in [6.07, 6.45) is -4.91. The molecule has 2 aromatic carbocycles. The molecule has 3 fully saturated rings. The molecular formula is C35H43F7N4O2. The van der Waals surface area contributed by atoms with Crippen LogP contribution in [0.1, 0.15) is 85.3 Å². The number of amides is 3. The van der Waals surface area contributed by atoms with Crippen LogP contribution in [0.2, 0.25) is 0 Å². The van der Waals surface area contributed by atoms with Gasteiger partial charge in [-0.25, -0.2) is 9.18 Å². The van der Waals surface area contributed by atoms with E-state index in [9.17, 15) is 40.3 Å². The van der Waals surface area contributed by atoms with Crippen LogP contribution in [0.3, 0.4) is 0 Å². The molecule has 0 saturated carbocycles. The summed E-state index contributed by atoms with van der Waals surface area (Å²) in [5.74, 6) is 0.630. The Labute approximate surface area is 276 Å². The van der Waals surface area contributed by atoms with Gasteiger partial charge >= 0.3 is 18.4 Å². The summed E-state index contributed by atoms with van der Waals surface area (Å²) in [7, 11) is 1.38. The third kappa shape index (κ3) is 8.09. The molecule has 4 atom stereocenters. The molecule has 0 spiro atoms. The van der Waals surface area contributed by atoms with Gasteiger partial charge in [-0.1, -0.05) is 6.07 Å². The number of carbonyl (C=O) groups excluding carboxylic acids is 2. The standard InChI is InChI=1S/C35H43F7N4O2/c1-21-15-29(36)7-8-30(21)32-25(20-45-12-9-23(10-13-45)24-5-4-6-31(47)43-19-24)11-14-46(32)33(48)44(3)22(2)26-16-27(34(37,38)39)18-28(17-26)35(40,41)42/h7-8,15-18,22-25,32H,4-6,9-14,19-20H2,1-3H3,(H,43,47)/t22-,24?,25+,32?/m0/s1. The molecule has 0 bridgehead atoms. The van der Waals surface area contributed by atoms with Gasteiger partial charge in [-0.15, -0.1) is 0 Å². The molecule has 264 valence electrons. The van der Waals surface area contributed by atoms with Crippen molar-refractivity contribution in [1.82, 2.24) is 20.0 Å². The summed E-state index contributed by atoms with van der Waals surface area (Å²) in [4.78, 5) is 31.1. The highest BCUT2D eigenvalue weighted by Gasteiger charge is 2.43. The van der Waals surface area contributed by atoms with Crippen LogP contribution in [0.15, 0.2) is 36.4 Å². The van der Waals surface area contributed by atoms with E-state index in [0.717, 1.165) is 44.3 Å². The van der Waals surface area contributed by atoms with Crippen molar-refractivity contribution in [2.45, 2.75) is 76.8 Å². The normalized spacial score (nSPS) is 23.9. The van der Waals surface area contributed by atoms with Crippen LogP contribution in [-0.2, 0) is 17.1 Å². The third-order valence-electron chi connectivity index (χ3n) is 10.6. The number of rotatable bonds is 6. The fourth-order valence-corrected chi connectivity index (χ4v) is 7.77. The lowest BCUT2D eigenvalue weighted by molar-refractivity contribution is -0.143. The van der Waals surface area contributed by atoms with Crippen molar-refractivity contribution in [3.63, 3.8) is 0 Å². The molecule has 3 saturated heterocycles. The number of benzene rings is 2. The zero-order valence-corrected chi connectivity index (χ0v) is 27.4. The van der Waals surface area contributed by atoms with Gasteiger partial charge in [0.15, 0.2) is 0 Å². The SMILES string of the molecule is Cc1cc(F)ccc1C1[C@@H](CN2CCC(C3CCCC(=O)NC3)CC2)CCN1C(=O)N(C)[C@@H](C)c1cc(C(F)(F)F)cc(C(F)(F)F)c1. The van der Waals surface area contributed by atoms with Gasteiger partial charge in [0.05, 0.1) is 23.2 Å². The quantitative estimate of drug-likeness (QED) is 0.314. The van der Waals surface area contributed by atoms with Crippen LogP contribution in [0, 0.1) is 30.5 Å². The number of carbonyl (C=O) groups is 2. The Bertz CT molecular complexity index is 1440. The zero-order chi connectivity index (χ0) is 35.0. The zero-order valence-electron chi connectivity index (χ0n) is 27.4. The Balaban J connectivity index is 1.35. The van der Waals surface area contributed by atoms with Crippen molar-refractivity contribution in [3.05, 3.63) is 70.0 Å². The molecule has 0 radical (unpaired) electrons. The molecule has 48 heavy (non-hydrogen) atoms. The van der Waals surface area contributed by atoms with Crippen LogP contribution in [0.25, 0.3) is 0 Å². The third-order valence-corrected chi connectivity index (χ3v) is 10.6. The van der Waals surface area contributed by atoms with E-state index in [4.69, 9.17) is 0 Å². The van der Waals surface area contributed by atoms with Gasteiger partial charge in [-0.3, -0.25) is 4.79 Å². The number of halogens is 7. The van der Waals surface area contributed by atoms with E-state index in [0.29, 0.717) is 62.0 Å². The molecule has 3 amide bonds. The van der Waals surface area contributed by atoms with Crippen molar-refractivity contribution >= 4 is 11.9 Å². The van der Waals surface area contributed by atoms with Gasteiger partial charge < -0.3 is 20.0 Å². The Kier molecular flexibility index (Phi) is 10.7. The van der Waals surface area contributed by atoms with Crippen molar-refractivity contribution in [3.8, 4) is 0 Å². The first-order valence-electron chi connectivity index (χ1n) is 16.6. The number of aryl methyl sites for hydroxylation is 1. The van der Waals surface area contributed by atoms with Crippen LogP contribution in [-0.4, -0.2) is 66.4 Å². The second kappa shape index (κ2) is 14.2. The predicted molar refractivity (Wildman–Crippen MR) is 166 cm³/mol. The van der Waals surface area contributed by atoms with Crippen LogP contribution in [0.4, 0.5) is 35.5 Å². The lowest BCUT2D eigenvalue weighted by atomic mass is 9.81. The first-order chi connectivity index (χ1) is 22.5. The highest BCUT2D eigenvalue weighted by Crippen LogP contribution is 2.43. The van der Waals surface area contributed by atoms with E-state index in [-0.39, 0.29) is 23.5 Å². The first-order valence-corrected chi connectivity index (χ1v) is 16.6. The summed E-state index contributed by atoms with van der Waals surface area (Å²) in [5, 5.41) is 3.04.